The van der Waals surface area contributed by atoms with Gasteiger partial charge < -0.3 is 15.8 Å². The van der Waals surface area contributed by atoms with Crippen LogP contribution < -0.4 is 5.73 Å². The molecule has 0 saturated carbocycles. The third kappa shape index (κ3) is 2.41. The maximum absolute atomic E-state index is 10.8. The number of fused-ring (bicyclic) bond motifs is 1. The number of nitrogens with one attached hydrogen (secondary N) is 1. The topological polar surface area (TPSA) is 122 Å². The molecule has 2 aromatic rings. The van der Waals surface area contributed by atoms with Crippen LogP contribution in [0.1, 0.15) is 23.7 Å². The molecule has 0 saturated heterocycles. The van der Waals surface area contributed by atoms with Crippen molar-refractivity contribution >= 4 is 22.6 Å². The second-order valence-corrected chi connectivity index (χ2v) is 4.36. The number of hydrogen-bond donors (Lipinski definition) is 3. The molecule has 1 aromatic heterocycles. The van der Waals surface area contributed by atoms with Crippen molar-refractivity contribution in [3.63, 3.8) is 0 Å². The van der Waals surface area contributed by atoms with Gasteiger partial charge in [0.2, 0.25) is 0 Å². The van der Waals surface area contributed by atoms with Crippen LogP contribution in [0.25, 0.3) is 10.9 Å². The summed E-state index contributed by atoms with van der Waals surface area (Å²) in [7, 11) is 0. The van der Waals surface area contributed by atoms with E-state index < -0.39 is 16.9 Å². The van der Waals surface area contributed by atoms with Crippen molar-refractivity contribution in [1.82, 2.24) is 4.98 Å². The molecular weight excluding hydrogens is 250 g/mol. The second-order valence-electron chi connectivity index (χ2n) is 4.36. The first-order chi connectivity index (χ1) is 8.90. The largest absolute Gasteiger partial charge is 0.481 e. The zero-order valence-corrected chi connectivity index (χ0v) is 10.2. The van der Waals surface area contributed by atoms with Crippen LogP contribution in [0, 0.1) is 17.0 Å². The van der Waals surface area contributed by atoms with E-state index in [9.17, 15) is 14.9 Å². The summed E-state index contributed by atoms with van der Waals surface area (Å²) in [4.78, 5) is 24.1. The van der Waals surface area contributed by atoms with E-state index in [0.717, 1.165) is 5.69 Å². The van der Waals surface area contributed by atoms with Gasteiger partial charge in [0.25, 0.3) is 5.69 Å². The summed E-state index contributed by atoms with van der Waals surface area (Å²) >= 11 is 0. The van der Waals surface area contributed by atoms with Crippen LogP contribution in [0.5, 0.6) is 0 Å². The molecule has 2 rings (SSSR count). The highest BCUT2D eigenvalue weighted by Gasteiger charge is 2.19. The molecule has 1 heterocycles. The van der Waals surface area contributed by atoms with E-state index in [1.54, 1.807) is 13.0 Å². The van der Waals surface area contributed by atoms with E-state index >= 15 is 0 Å². The van der Waals surface area contributed by atoms with Gasteiger partial charge in [0.05, 0.1) is 11.3 Å². The smallest absolute Gasteiger partial charge is 0.305 e. The number of carboxylic acid groups (broad SMARTS) is 1. The minimum absolute atomic E-state index is 0.0460. The number of aryl methyl sites for hydroxylation is 1. The molecule has 1 unspecified atom stereocenters. The fourth-order valence-corrected chi connectivity index (χ4v) is 2.22. The predicted molar refractivity (Wildman–Crippen MR) is 68.9 cm³/mol. The number of H-pyrrole nitrogens is 1. The lowest BCUT2D eigenvalue weighted by molar-refractivity contribution is -0.384. The van der Waals surface area contributed by atoms with Gasteiger partial charge in [-0.3, -0.25) is 14.9 Å². The Morgan fingerprint density at radius 1 is 1.58 bits per heavy atom. The van der Waals surface area contributed by atoms with E-state index in [-0.39, 0.29) is 12.1 Å². The number of non-ortho nitro benzene ring substituents is 1. The van der Waals surface area contributed by atoms with Crippen LogP contribution in [0.2, 0.25) is 0 Å². The van der Waals surface area contributed by atoms with Gasteiger partial charge in [-0.25, -0.2) is 0 Å². The highest BCUT2D eigenvalue weighted by atomic mass is 16.6. The van der Waals surface area contributed by atoms with Crippen LogP contribution in [-0.4, -0.2) is 21.0 Å². The van der Waals surface area contributed by atoms with Crippen LogP contribution >= 0.6 is 0 Å². The summed E-state index contributed by atoms with van der Waals surface area (Å²) < 4.78 is 0. The van der Waals surface area contributed by atoms with Crippen molar-refractivity contribution < 1.29 is 14.8 Å². The number of aromatic nitrogens is 1. The third-order valence-corrected chi connectivity index (χ3v) is 3.00. The summed E-state index contributed by atoms with van der Waals surface area (Å²) in [6, 6.07) is 3.70. The monoisotopic (exact) mass is 263 g/mol. The van der Waals surface area contributed by atoms with E-state index in [1.165, 1.54) is 12.1 Å². The Labute approximate surface area is 108 Å². The molecule has 7 nitrogen and oxygen atoms in total. The Morgan fingerprint density at radius 3 is 2.84 bits per heavy atom. The first-order valence-corrected chi connectivity index (χ1v) is 5.64. The number of nitro groups is 1. The number of hydrogen-bond acceptors (Lipinski definition) is 4. The predicted octanol–water partition coefficient (Wildman–Crippen LogP) is 1.86. The molecule has 1 atom stereocenters. The lowest BCUT2D eigenvalue weighted by Crippen LogP contribution is -2.15. The highest BCUT2D eigenvalue weighted by Crippen LogP contribution is 2.30. The number of nitrogens with zero attached hydrogens (tertiary/aromatic N) is 1. The van der Waals surface area contributed by atoms with Crippen LogP contribution in [0.4, 0.5) is 5.69 Å². The van der Waals surface area contributed by atoms with Gasteiger partial charge in [0.15, 0.2) is 0 Å². The van der Waals surface area contributed by atoms with Crippen LogP contribution in [0.15, 0.2) is 18.2 Å². The molecule has 0 aliphatic heterocycles. The van der Waals surface area contributed by atoms with E-state index in [0.29, 0.717) is 16.5 Å². The third-order valence-electron chi connectivity index (χ3n) is 3.00. The molecule has 100 valence electrons. The summed E-state index contributed by atoms with van der Waals surface area (Å²) in [6.07, 6.45) is -0.226. The number of aromatic amines is 1. The Hall–Kier alpha value is -2.41. The van der Waals surface area contributed by atoms with E-state index in [2.05, 4.69) is 4.98 Å². The molecule has 0 amide bonds. The number of nitro benzene ring substituents is 1. The van der Waals surface area contributed by atoms with Crippen molar-refractivity contribution in [3.05, 3.63) is 39.6 Å². The zero-order chi connectivity index (χ0) is 14.2. The highest BCUT2D eigenvalue weighted by molar-refractivity contribution is 5.87. The van der Waals surface area contributed by atoms with Gasteiger partial charge in [0.1, 0.15) is 0 Å². The van der Waals surface area contributed by atoms with Gasteiger partial charge in [-0.05, 0) is 18.6 Å². The van der Waals surface area contributed by atoms with Gasteiger partial charge in [-0.15, -0.1) is 0 Å². The molecule has 0 fully saturated rings. The Morgan fingerprint density at radius 2 is 2.26 bits per heavy atom. The van der Waals surface area contributed by atoms with Crippen molar-refractivity contribution in [2.24, 2.45) is 5.73 Å². The number of benzene rings is 1. The Kier molecular flexibility index (Phi) is 3.22. The molecule has 0 spiro atoms. The summed E-state index contributed by atoms with van der Waals surface area (Å²) in [5.41, 5.74) is 7.86. The fraction of sp³-hybridized carbons (Fsp3) is 0.250. The van der Waals surface area contributed by atoms with Crippen LogP contribution in [0.3, 0.4) is 0 Å². The average Bonchev–Trinajstić information content (AvgIpc) is 2.62. The molecule has 1 aromatic carbocycles. The average molecular weight is 263 g/mol. The SMILES string of the molecule is Cc1[nH]c2ccc([N+](=O)[O-])cc2c1C(N)CC(=O)O. The molecule has 0 aliphatic carbocycles. The van der Waals surface area contributed by atoms with Crippen molar-refractivity contribution in [3.8, 4) is 0 Å². The molecule has 19 heavy (non-hydrogen) atoms. The van der Waals surface area contributed by atoms with E-state index in [1.807, 2.05) is 0 Å². The summed E-state index contributed by atoms with van der Waals surface area (Å²) in [5.74, 6) is -1.01. The maximum Gasteiger partial charge on any atom is 0.305 e. The lowest BCUT2D eigenvalue weighted by atomic mass is 10.0. The molecule has 7 heteroatoms. The lowest BCUT2D eigenvalue weighted by Gasteiger charge is -2.09. The molecule has 0 bridgehead atoms. The number of nitrogens with two attached hydrogens (primary N) is 1. The van der Waals surface area contributed by atoms with Crippen molar-refractivity contribution in [2.45, 2.75) is 19.4 Å². The van der Waals surface area contributed by atoms with Gasteiger partial charge in [-0.2, -0.15) is 0 Å². The minimum Gasteiger partial charge on any atom is -0.481 e. The molecular formula is C12H13N3O4. The summed E-state index contributed by atoms with van der Waals surface area (Å²) in [5, 5.41) is 20.2. The number of rotatable bonds is 4. The van der Waals surface area contributed by atoms with Crippen molar-refractivity contribution in [2.75, 3.05) is 0 Å². The maximum atomic E-state index is 10.8. The number of carboxylic acids is 1. The van der Waals surface area contributed by atoms with Gasteiger partial charge in [0, 0.05) is 34.8 Å². The van der Waals surface area contributed by atoms with Crippen LogP contribution in [-0.2, 0) is 4.79 Å². The fourth-order valence-electron chi connectivity index (χ4n) is 2.22. The zero-order valence-electron chi connectivity index (χ0n) is 10.2. The quantitative estimate of drug-likeness (QED) is 0.574. The Bertz CT molecular complexity index is 662. The molecule has 0 aliphatic rings. The first-order valence-electron chi connectivity index (χ1n) is 5.64. The number of aliphatic carboxylic acids is 1. The standard InChI is InChI=1S/C12H13N3O4/c1-6-12(9(13)5-11(16)17)8-4-7(15(18)19)2-3-10(8)14-6/h2-4,9,14H,5,13H2,1H3,(H,16,17). The van der Waals surface area contributed by atoms with Crippen molar-refractivity contribution in [1.29, 1.82) is 0 Å². The molecule has 4 N–H and O–H groups in total. The number of carbonyl (C=O) groups is 1. The Balaban J connectivity index is 2.58. The van der Waals surface area contributed by atoms with Gasteiger partial charge >= 0.3 is 5.97 Å². The normalized spacial score (nSPS) is 12.5. The summed E-state index contributed by atoms with van der Waals surface area (Å²) in [6.45, 7) is 1.77. The minimum atomic E-state index is -1.01. The van der Waals surface area contributed by atoms with Gasteiger partial charge in [-0.1, -0.05) is 0 Å². The second kappa shape index (κ2) is 4.69. The molecule has 0 radical (unpaired) electrons. The van der Waals surface area contributed by atoms with E-state index in [4.69, 9.17) is 10.8 Å². The first kappa shape index (κ1) is 13.0.